The number of halogens is 1. The van der Waals surface area contributed by atoms with Crippen LogP contribution < -0.4 is 11.2 Å². The van der Waals surface area contributed by atoms with E-state index in [-0.39, 0.29) is 21.2 Å². The van der Waals surface area contributed by atoms with Gasteiger partial charge in [-0.3, -0.25) is 30.4 Å². The summed E-state index contributed by atoms with van der Waals surface area (Å²) in [5.41, 5.74) is 15.2. The zero-order chi connectivity index (χ0) is 53.9. The number of nitrogens with two attached hydrogens (primary N) is 1. The van der Waals surface area contributed by atoms with Gasteiger partial charge in [0.15, 0.2) is 0 Å². The van der Waals surface area contributed by atoms with Gasteiger partial charge in [-0.15, -0.1) is 0 Å². The predicted molar refractivity (Wildman–Crippen MR) is 296 cm³/mol. The average molecular weight is 1070 g/mol. The van der Waals surface area contributed by atoms with Crippen LogP contribution in [0.1, 0.15) is 48.5 Å². The molecule has 19 heteroatoms. The molecule has 1 fully saturated rings. The third-order valence-corrected chi connectivity index (χ3v) is 12.5. The molecule has 1 saturated heterocycles. The normalized spacial score (nSPS) is 13.2. The summed E-state index contributed by atoms with van der Waals surface area (Å²) in [4.78, 5) is 33.4. The Hall–Kier alpha value is -8.52. The second kappa shape index (κ2) is 23.6. The number of nitrogens with one attached hydrogen (secondary N) is 2. The van der Waals surface area contributed by atoms with Gasteiger partial charge in [-0.2, -0.15) is 20.0 Å². The molecule has 9 aromatic rings. The molecule has 17 nitrogen and oxygen atoms in total. The van der Waals surface area contributed by atoms with Crippen LogP contribution in [0, 0.1) is 20.2 Å². The summed E-state index contributed by atoms with van der Waals surface area (Å²) < 4.78 is 19.0. The number of anilines is 1. The summed E-state index contributed by atoms with van der Waals surface area (Å²) >= 11 is 3.23. The van der Waals surface area contributed by atoms with Crippen LogP contribution in [0.5, 0.6) is 0 Å². The summed E-state index contributed by atoms with van der Waals surface area (Å²) in [5.74, 6) is 0. The number of ether oxygens (including phenoxy) is 1. The highest BCUT2D eigenvalue weighted by Crippen LogP contribution is 2.37. The summed E-state index contributed by atoms with van der Waals surface area (Å²) in [5, 5.41) is 39.6. The van der Waals surface area contributed by atoms with Crippen molar-refractivity contribution >= 4 is 51.7 Å². The van der Waals surface area contributed by atoms with E-state index in [1.54, 1.807) is 55.2 Å². The molecular weight excluding hydrogens is 1020 g/mol. The Morgan fingerprint density at radius 2 is 1.07 bits per heavy atom. The number of H-pyrrole nitrogens is 2. The van der Waals surface area contributed by atoms with Crippen LogP contribution in [-0.4, -0.2) is 70.0 Å². The standard InChI is InChI=1S/C15H11N3O2.C15H13N3.C14H23BN2O4.C12H8BrNO2/c19-18(20)15-8-12(13-9-16-17-10-13)6-7-14(15)11-4-2-1-3-5-11;16-15-8-12(13-9-17-18-10-13)6-7-14(15)11-4-2-1-3-5-11;1-12(2,3)19-11(18)17-9-10(8-16-17)15-20-13(4,5)14(6,7)21-15;13-10-6-7-11(12(8-10)14(15)16)9-4-2-1-3-5-9/h1-10H,(H,16,17);1-10H,16H2,(H,17,18);8-9H,1-7H3;1-8H. The van der Waals surface area contributed by atoms with Gasteiger partial charge in [-0.05, 0) is 101 Å². The van der Waals surface area contributed by atoms with Gasteiger partial charge in [0.25, 0.3) is 11.4 Å². The molecule has 0 spiro atoms. The number of hydrogen-bond donors (Lipinski definition) is 3. The fraction of sp³-hybridized carbons (Fsp3) is 0.179. The molecule has 3 aromatic heterocycles. The van der Waals surface area contributed by atoms with Crippen LogP contribution in [0.4, 0.5) is 21.9 Å². The Balaban J connectivity index is 0.000000146. The van der Waals surface area contributed by atoms with Crippen LogP contribution in [0.3, 0.4) is 0 Å². The third-order valence-electron chi connectivity index (χ3n) is 12.0. The Labute approximate surface area is 442 Å². The molecule has 382 valence electrons. The van der Waals surface area contributed by atoms with Crippen LogP contribution in [0.2, 0.25) is 0 Å². The van der Waals surface area contributed by atoms with E-state index in [2.05, 4.69) is 59.6 Å². The molecule has 6 aromatic carbocycles. The highest BCUT2D eigenvalue weighted by molar-refractivity contribution is 9.10. The minimum absolute atomic E-state index is 0.0925. The first kappa shape index (κ1) is 54.3. The smallest absolute Gasteiger partial charge is 0.442 e. The fourth-order valence-corrected chi connectivity index (χ4v) is 7.88. The van der Waals surface area contributed by atoms with Crippen molar-refractivity contribution in [3.8, 4) is 55.6 Å². The molecule has 0 atom stereocenters. The lowest BCUT2D eigenvalue weighted by atomic mass is 9.82. The predicted octanol–water partition coefficient (Wildman–Crippen LogP) is 13.0. The van der Waals surface area contributed by atoms with Crippen molar-refractivity contribution in [3.63, 3.8) is 0 Å². The van der Waals surface area contributed by atoms with E-state index in [9.17, 15) is 25.0 Å². The number of rotatable bonds is 8. The Morgan fingerprint density at radius 3 is 1.51 bits per heavy atom. The molecule has 0 radical (unpaired) electrons. The van der Waals surface area contributed by atoms with E-state index in [0.717, 1.165) is 54.9 Å². The Morgan fingerprint density at radius 1 is 0.627 bits per heavy atom. The molecule has 4 heterocycles. The van der Waals surface area contributed by atoms with Gasteiger partial charge in [-0.25, -0.2) is 4.79 Å². The van der Waals surface area contributed by atoms with Crippen molar-refractivity contribution in [2.75, 3.05) is 5.73 Å². The lowest BCUT2D eigenvalue weighted by Gasteiger charge is -2.32. The highest BCUT2D eigenvalue weighted by atomic mass is 79.9. The van der Waals surface area contributed by atoms with Crippen molar-refractivity contribution in [2.45, 2.75) is 65.3 Å². The van der Waals surface area contributed by atoms with Gasteiger partial charge in [0, 0.05) is 69.2 Å². The van der Waals surface area contributed by atoms with Crippen molar-refractivity contribution in [2.24, 2.45) is 0 Å². The molecule has 1 aliphatic heterocycles. The highest BCUT2D eigenvalue weighted by Gasteiger charge is 2.52. The zero-order valence-electron chi connectivity index (χ0n) is 42.3. The maximum Gasteiger partial charge on any atom is 0.498 e. The van der Waals surface area contributed by atoms with E-state index >= 15 is 0 Å². The van der Waals surface area contributed by atoms with Gasteiger partial charge in [0.05, 0.1) is 44.6 Å². The second-order valence-electron chi connectivity index (χ2n) is 19.1. The first-order valence-electron chi connectivity index (χ1n) is 23.6. The van der Waals surface area contributed by atoms with Gasteiger partial charge in [-0.1, -0.05) is 125 Å². The topological polar surface area (TPSA) is 232 Å². The van der Waals surface area contributed by atoms with Crippen LogP contribution in [0.25, 0.3) is 55.6 Å². The number of benzene rings is 6. The Bertz CT molecular complexity index is 3330. The van der Waals surface area contributed by atoms with Crippen molar-refractivity contribution in [3.05, 3.63) is 207 Å². The van der Waals surface area contributed by atoms with E-state index in [1.807, 2.05) is 152 Å². The summed E-state index contributed by atoms with van der Waals surface area (Å²) in [7, 11) is -0.536. The van der Waals surface area contributed by atoms with E-state index < -0.39 is 30.0 Å². The summed E-state index contributed by atoms with van der Waals surface area (Å²) in [6, 6.07) is 45.2. The molecule has 0 unspecified atom stereocenters. The van der Waals surface area contributed by atoms with Crippen molar-refractivity contribution in [1.82, 2.24) is 30.2 Å². The lowest BCUT2D eigenvalue weighted by Crippen LogP contribution is -2.41. The van der Waals surface area contributed by atoms with Crippen molar-refractivity contribution in [1.29, 1.82) is 0 Å². The second-order valence-corrected chi connectivity index (χ2v) is 20.0. The number of carbonyl (C=O) groups excluding carboxylic acids is 1. The molecule has 4 N–H and O–H groups in total. The molecule has 0 amide bonds. The molecule has 1 aliphatic rings. The number of carbonyl (C=O) groups is 1. The largest absolute Gasteiger partial charge is 0.498 e. The molecule has 75 heavy (non-hydrogen) atoms. The van der Waals surface area contributed by atoms with Crippen molar-refractivity contribution < 1.29 is 28.7 Å². The van der Waals surface area contributed by atoms with E-state index in [4.69, 9.17) is 19.8 Å². The SMILES string of the molecule is CC(C)(C)OC(=O)n1cc(B2OC(C)(C)C(C)(C)O2)cn1.Nc1cc(-c2cn[nH]c2)ccc1-c1ccccc1.O=[N+]([O-])c1cc(-c2cn[nH]c2)ccc1-c1ccccc1.O=[N+]([O-])c1cc(Br)ccc1-c1ccccc1. The van der Waals surface area contributed by atoms with Gasteiger partial charge >= 0.3 is 13.2 Å². The minimum atomic E-state index is -0.562. The van der Waals surface area contributed by atoms with Gasteiger partial charge in [0.1, 0.15) is 5.60 Å². The van der Waals surface area contributed by atoms with E-state index in [1.165, 1.54) is 6.07 Å². The fourth-order valence-electron chi connectivity index (χ4n) is 7.53. The number of nitro benzene ring substituents is 2. The van der Waals surface area contributed by atoms with Crippen LogP contribution in [-0.2, 0) is 14.0 Å². The van der Waals surface area contributed by atoms with Crippen LogP contribution in [0.15, 0.2) is 187 Å². The Kier molecular flexibility index (Phi) is 17.1. The summed E-state index contributed by atoms with van der Waals surface area (Å²) in [6.07, 6.45) is 9.61. The molecule has 10 rings (SSSR count). The monoisotopic (exact) mass is 1070 g/mol. The van der Waals surface area contributed by atoms with Crippen LogP contribution >= 0.6 is 15.9 Å². The van der Waals surface area contributed by atoms with E-state index in [0.29, 0.717) is 21.1 Å². The lowest BCUT2D eigenvalue weighted by molar-refractivity contribution is -0.384. The van der Waals surface area contributed by atoms with Gasteiger partial charge in [0.2, 0.25) is 0 Å². The average Bonchev–Trinajstić information content (AvgIpc) is 4.24. The summed E-state index contributed by atoms with van der Waals surface area (Å²) in [6.45, 7) is 13.3. The maximum atomic E-state index is 11.9. The number of nitrogen functional groups attached to an aromatic ring is 1. The minimum Gasteiger partial charge on any atom is -0.442 e. The first-order valence-corrected chi connectivity index (χ1v) is 24.4. The molecule has 0 bridgehead atoms. The number of nitrogens with zero attached hydrogens (tertiary/aromatic N) is 6. The number of hydrogen-bond acceptors (Lipinski definition) is 12. The number of aromatic nitrogens is 6. The number of nitro groups is 2. The molecule has 0 aliphatic carbocycles. The maximum absolute atomic E-state index is 11.9. The molecular formula is C56H55BBrN9O8. The first-order chi connectivity index (χ1) is 35.7. The van der Waals surface area contributed by atoms with Gasteiger partial charge < -0.3 is 19.8 Å². The molecule has 0 saturated carbocycles. The zero-order valence-corrected chi connectivity index (χ0v) is 43.9. The number of aromatic amines is 2. The quantitative estimate of drug-likeness (QED) is 0.0558. The third kappa shape index (κ3) is 14.0.